The van der Waals surface area contributed by atoms with Crippen molar-refractivity contribution < 1.29 is 9.59 Å². The third kappa shape index (κ3) is 4.00. The number of nitrogens with zero attached hydrogens (tertiary/aromatic N) is 1. The summed E-state index contributed by atoms with van der Waals surface area (Å²) in [6, 6.07) is 14.1. The van der Waals surface area contributed by atoms with Crippen LogP contribution in [-0.4, -0.2) is 29.9 Å². The lowest BCUT2D eigenvalue weighted by atomic mass is 10.00. The summed E-state index contributed by atoms with van der Waals surface area (Å²) in [5, 5.41) is 5.71. The lowest BCUT2D eigenvalue weighted by Crippen LogP contribution is -2.45. The molecule has 0 saturated carbocycles. The Bertz CT molecular complexity index is 883. The van der Waals surface area contributed by atoms with Crippen LogP contribution in [0.1, 0.15) is 34.7 Å². The predicted molar refractivity (Wildman–Crippen MR) is 107 cm³/mol. The van der Waals surface area contributed by atoms with Crippen LogP contribution >= 0.6 is 15.9 Å². The summed E-state index contributed by atoms with van der Waals surface area (Å²) in [7, 11) is 0. The maximum atomic E-state index is 12.5. The fraction of sp³-hybridized carbons (Fsp3) is 0.333. The fourth-order valence-corrected chi connectivity index (χ4v) is 4.33. The minimum absolute atomic E-state index is 0.00469. The molecule has 3 amide bonds. The molecule has 1 unspecified atom stereocenters. The summed E-state index contributed by atoms with van der Waals surface area (Å²) >= 11 is 3.48. The van der Waals surface area contributed by atoms with Crippen molar-refractivity contribution in [3.8, 4) is 0 Å². The molecule has 1 atom stereocenters. The Morgan fingerprint density at radius 3 is 2.74 bits per heavy atom. The van der Waals surface area contributed by atoms with E-state index in [2.05, 4.69) is 44.8 Å². The maximum absolute atomic E-state index is 12.5. The average Bonchev–Trinajstić information content (AvgIpc) is 3.07. The van der Waals surface area contributed by atoms with E-state index in [-0.39, 0.29) is 24.5 Å². The van der Waals surface area contributed by atoms with Gasteiger partial charge in [0, 0.05) is 17.6 Å². The van der Waals surface area contributed by atoms with Gasteiger partial charge in [-0.25, -0.2) is 4.79 Å². The Balaban J connectivity index is 1.28. The zero-order chi connectivity index (χ0) is 18.8. The first kappa shape index (κ1) is 18.0. The molecule has 2 aromatic rings. The number of carbonyl (C=O) groups excluding carboxylic acids is 2. The van der Waals surface area contributed by atoms with Gasteiger partial charge in [-0.2, -0.15) is 0 Å². The van der Waals surface area contributed by atoms with E-state index in [1.54, 1.807) is 0 Å². The minimum atomic E-state index is -0.290. The molecule has 2 N–H and O–H groups in total. The summed E-state index contributed by atoms with van der Waals surface area (Å²) in [6.45, 7) is 1.33. The van der Waals surface area contributed by atoms with Crippen molar-refractivity contribution in [2.75, 3.05) is 13.1 Å². The van der Waals surface area contributed by atoms with E-state index in [9.17, 15) is 9.59 Å². The van der Waals surface area contributed by atoms with Crippen LogP contribution in [0.4, 0.5) is 4.79 Å². The molecule has 0 radical (unpaired) electrons. The highest BCUT2D eigenvalue weighted by atomic mass is 79.9. The summed E-state index contributed by atoms with van der Waals surface area (Å²) in [4.78, 5) is 26.5. The number of benzene rings is 2. The molecule has 5 nitrogen and oxygen atoms in total. The number of urea groups is 1. The first-order valence-corrected chi connectivity index (χ1v) is 10.1. The highest BCUT2D eigenvalue weighted by molar-refractivity contribution is 9.10. The minimum Gasteiger partial charge on any atom is -0.336 e. The van der Waals surface area contributed by atoms with Gasteiger partial charge in [0.15, 0.2) is 0 Å². The van der Waals surface area contributed by atoms with E-state index in [0.717, 1.165) is 29.3 Å². The van der Waals surface area contributed by atoms with Crippen molar-refractivity contribution in [1.29, 1.82) is 0 Å². The second-order valence-electron chi connectivity index (χ2n) is 7.10. The van der Waals surface area contributed by atoms with Crippen LogP contribution < -0.4 is 10.6 Å². The maximum Gasteiger partial charge on any atom is 0.315 e. The smallest absolute Gasteiger partial charge is 0.315 e. The lowest BCUT2D eigenvalue weighted by Gasteiger charge is -2.29. The molecule has 1 aliphatic carbocycles. The van der Waals surface area contributed by atoms with E-state index in [1.165, 1.54) is 16.7 Å². The monoisotopic (exact) mass is 427 g/mol. The zero-order valence-corrected chi connectivity index (χ0v) is 16.6. The fourth-order valence-electron chi connectivity index (χ4n) is 3.92. The van der Waals surface area contributed by atoms with Crippen molar-refractivity contribution >= 4 is 27.9 Å². The Labute approximate surface area is 167 Å². The molecule has 27 heavy (non-hydrogen) atoms. The first-order chi connectivity index (χ1) is 13.1. The van der Waals surface area contributed by atoms with Crippen molar-refractivity contribution in [2.24, 2.45) is 0 Å². The third-order valence-electron chi connectivity index (χ3n) is 5.37. The SMILES string of the molecule is O=C(NCC(=O)N1CCc2ccccc2C1)NC1CCc2cc(Br)ccc21. The van der Waals surface area contributed by atoms with Crippen LogP contribution in [0.5, 0.6) is 0 Å². The van der Waals surface area contributed by atoms with Crippen molar-refractivity contribution in [2.45, 2.75) is 31.8 Å². The Hall–Kier alpha value is -2.34. The van der Waals surface area contributed by atoms with Crippen LogP contribution in [0, 0.1) is 0 Å². The number of amides is 3. The second kappa shape index (κ2) is 7.72. The second-order valence-corrected chi connectivity index (χ2v) is 8.01. The number of halogens is 1. The number of rotatable bonds is 3. The van der Waals surface area contributed by atoms with Gasteiger partial charge in [0.1, 0.15) is 0 Å². The molecule has 140 valence electrons. The van der Waals surface area contributed by atoms with E-state index < -0.39 is 0 Å². The molecule has 0 spiro atoms. The number of hydrogen-bond acceptors (Lipinski definition) is 2. The Morgan fingerprint density at radius 2 is 1.89 bits per heavy atom. The van der Waals surface area contributed by atoms with E-state index in [0.29, 0.717) is 13.1 Å². The van der Waals surface area contributed by atoms with Gasteiger partial charge in [0.05, 0.1) is 12.6 Å². The molecular formula is C21H22BrN3O2. The summed E-state index contributed by atoms with van der Waals surface area (Å²) in [6.07, 6.45) is 2.70. The molecule has 0 saturated heterocycles. The zero-order valence-electron chi connectivity index (χ0n) is 15.0. The van der Waals surface area contributed by atoms with Gasteiger partial charge >= 0.3 is 6.03 Å². The van der Waals surface area contributed by atoms with Crippen molar-refractivity contribution in [3.63, 3.8) is 0 Å². The standard InChI is InChI=1S/C21H22BrN3O2/c22-17-6-7-18-15(11-17)5-8-19(18)24-21(27)23-12-20(26)25-10-9-14-3-1-2-4-16(14)13-25/h1-4,6-7,11,19H,5,8-10,12-13H2,(H2,23,24,27). The van der Waals surface area contributed by atoms with Gasteiger partial charge in [0.25, 0.3) is 0 Å². The number of nitrogens with one attached hydrogen (secondary N) is 2. The molecule has 1 aliphatic heterocycles. The Morgan fingerprint density at radius 1 is 1.07 bits per heavy atom. The van der Waals surface area contributed by atoms with E-state index in [4.69, 9.17) is 0 Å². The summed E-state index contributed by atoms with van der Waals surface area (Å²) in [5.41, 5.74) is 4.92. The molecule has 0 fully saturated rings. The van der Waals surface area contributed by atoms with Gasteiger partial charge in [-0.1, -0.05) is 46.3 Å². The molecule has 0 bridgehead atoms. The average molecular weight is 428 g/mol. The molecule has 4 rings (SSSR count). The molecule has 2 aromatic carbocycles. The van der Waals surface area contributed by atoms with Crippen LogP contribution in [-0.2, 0) is 24.2 Å². The summed E-state index contributed by atoms with van der Waals surface area (Å²) in [5.74, 6) is -0.0459. The van der Waals surface area contributed by atoms with Crippen molar-refractivity contribution in [1.82, 2.24) is 15.5 Å². The van der Waals surface area contributed by atoms with Gasteiger partial charge < -0.3 is 15.5 Å². The highest BCUT2D eigenvalue weighted by Gasteiger charge is 2.25. The number of aryl methyl sites for hydroxylation is 1. The van der Waals surface area contributed by atoms with Gasteiger partial charge in [0.2, 0.25) is 5.91 Å². The summed E-state index contributed by atoms with van der Waals surface area (Å²) < 4.78 is 1.06. The van der Waals surface area contributed by atoms with E-state index >= 15 is 0 Å². The molecular weight excluding hydrogens is 406 g/mol. The lowest BCUT2D eigenvalue weighted by molar-refractivity contribution is -0.131. The third-order valence-corrected chi connectivity index (χ3v) is 5.86. The predicted octanol–water partition coefficient (Wildman–Crippen LogP) is 3.32. The van der Waals surface area contributed by atoms with Gasteiger partial charge in [-0.05, 0) is 53.6 Å². The highest BCUT2D eigenvalue weighted by Crippen LogP contribution is 2.32. The van der Waals surface area contributed by atoms with Crippen LogP contribution in [0.15, 0.2) is 46.9 Å². The quantitative estimate of drug-likeness (QED) is 0.788. The molecule has 1 heterocycles. The number of fused-ring (bicyclic) bond motifs is 2. The van der Waals surface area contributed by atoms with Gasteiger partial charge in [-0.3, -0.25) is 4.79 Å². The van der Waals surface area contributed by atoms with Crippen molar-refractivity contribution in [3.05, 3.63) is 69.2 Å². The topological polar surface area (TPSA) is 61.4 Å². The molecule has 0 aromatic heterocycles. The van der Waals surface area contributed by atoms with Crippen LogP contribution in [0.2, 0.25) is 0 Å². The Kier molecular flexibility index (Phi) is 5.16. The van der Waals surface area contributed by atoms with E-state index in [1.807, 2.05) is 29.2 Å². The molecule has 2 aliphatic rings. The normalized spacial score (nSPS) is 17.8. The van der Waals surface area contributed by atoms with Crippen LogP contribution in [0.3, 0.4) is 0 Å². The first-order valence-electron chi connectivity index (χ1n) is 9.27. The van der Waals surface area contributed by atoms with Crippen LogP contribution in [0.25, 0.3) is 0 Å². The molecule has 6 heteroatoms. The van der Waals surface area contributed by atoms with Gasteiger partial charge in [-0.15, -0.1) is 0 Å². The largest absolute Gasteiger partial charge is 0.336 e. The number of carbonyl (C=O) groups is 2. The number of hydrogen-bond donors (Lipinski definition) is 2.